The molecule has 4 rings (SSSR count). The standard InChI is InChI=1S/C81H133NO21/c1-15-18-20-22-24-26-28-30-31-33-35-37-39-41-46-50-71(88)82-66(68(98-77(89)65-47-43-42-44-48-65)49-45-40-38-36-34-32-29-27-25-23-21-19-16-2)52-94-78-75(96-63(12)86)59(8)73(70(100-78)54-93-61(10)84)101-79-76(97-64(13)87)74(58(7)69(99-79)53-92-60(9)83)103-81(80(90)91-14)51-55(4)56(5)72(102-81)57(6)67(17-3)95-62(11)85/h42-45,47-49,55-59,66-70,72-76,78-79H,15-41,46,50-54H2,1-14H3,(H,82,88)/b49-45+/t55?,56-,57-,58+,59?,66+,67-,68-,69?,70+,72-,73+,74+,75?,76?,78-,79+,81+/m1/s1. The number of amides is 1. The van der Waals surface area contributed by atoms with Gasteiger partial charge in [0, 0.05) is 65.2 Å². The van der Waals surface area contributed by atoms with Gasteiger partial charge in [0.15, 0.2) is 24.8 Å². The van der Waals surface area contributed by atoms with E-state index >= 15 is 0 Å². The van der Waals surface area contributed by atoms with Crippen molar-refractivity contribution in [2.45, 2.75) is 362 Å². The summed E-state index contributed by atoms with van der Waals surface area (Å²) in [5.41, 5.74) is 0.299. The van der Waals surface area contributed by atoms with Crippen molar-refractivity contribution < 1.29 is 99.9 Å². The van der Waals surface area contributed by atoms with E-state index in [0.29, 0.717) is 24.8 Å². The third-order valence-electron chi connectivity index (χ3n) is 20.5. The average molecular weight is 1460 g/mol. The van der Waals surface area contributed by atoms with Gasteiger partial charge in [-0.1, -0.05) is 234 Å². The Morgan fingerprint density at radius 3 is 1.57 bits per heavy atom. The minimum atomic E-state index is -2.17. The van der Waals surface area contributed by atoms with Crippen LogP contribution in [0.5, 0.6) is 0 Å². The van der Waals surface area contributed by atoms with Crippen molar-refractivity contribution in [1.29, 1.82) is 0 Å². The van der Waals surface area contributed by atoms with E-state index in [9.17, 15) is 38.4 Å². The minimum Gasteiger partial charge on any atom is -0.465 e. The molecule has 1 aromatic carbocycles. The van der Waals surface area contributed by atoms with Gasteiger partial charge in [-0.25, -0.2) is 9.59 Å². The van der Waals surface area contributed by atoms with Gasteiger partial charge in [0.2, 0.25) is 5.91 Å². The van der Waals surface area contributed by atoms with Crippen molar-refractivity contribution in [3.63, 3.8) is 0 Å². The van der Waals surface area contributed by atoms with E-state index in [4.69, 9.17) is 61.6 Å². The molecule has 0 saturated carbocycles. The Labute approximate surface area is 616 Å². The highest BCUT2D eigenvalue weighted by molar-refractivity contribution is 5.89. The highest BCUT2D eigenvalue weighted by Gasteiger charge is 2.60. The van der Waals surface area contributed by atoms with E-state index in [-0.39, 0.29) is 43.8 Å². The van der Waals surface area contributed by atoms with E-state index in [1.54, 1.807) is 50.3 Å². The Morgan fingerprint density at radius 1 is 0.563 bits per heavy atom. The lowest BCUT2D eigenvalue weighted by Gasteiger charge is -2.52. The summed E-state index contributed by atoms with van der Waals surface area (Å²) in [5.74, 6) is -10.1. The minimum absolute atomic E-state index is 0.0369. The second kappa shape index (κ2) is 50.1. The molecule has 0 bridgehead atoms. The molecule has 3 saturated heterocycles. The quantitative estimate of drug-likeness (QED) is 0.0275. The monoisotopic (exact) mass is 1460 g/mol. The lowest BCUT2D eigenvalue weighted by molar-refractivity contribution is -0.377. The number of hydrogen-bond donors (Lipinski definition) is 1. The van der Waals surface area contributed by atoms with E-state index in [1.807, 2.05) is 33.8 Å². The van der Waals surface area contributed by atoms with Gasteiger partial charge in [-0.05, 0) is 55.7 Å². The third-order valence-corrected chi connectivity index (χ3v) is 20.5. The third kappa shape index (κ3) is 32.6. The fraction of sp³-hybridized carbons (Fsp3) is 0.802. The van der Waals surface area contributed by atoms with E-state index < -0.39 is 145 Å². The summed E-state index contributed by atoms with van der Waals surface area (Å²) in [6.45, 7) is 20.5. The highest BCUT2D eigenvalue weighted by Crippen LogP contribution is 2.46. The van der Waals surface area contributed by atoms with Crippen molar-refractivity contribution >= 4 is 47.7 Å². The molecule has 1 aromatic rings. The number of methoxy groups -OCH3 is 1. The lowest BCUT2D eigenvalue weighted by Crippen LogP contribution is -2.66. The number of ether oxygens (including phenoxy) is 13. The van der Waals surface area contributed by atoms with Gasteiger partial charge in [-0.15, -0.1) is 0 Å². The van der Waals surface area contributed by atoms with Crippen LogP contribution in [0.15, 0.2) is 42.5 Å². The Balaban J connectivity index is 1.72. The maximum absolute atomic E-state index is 14.5. The van der Waals surface area contributed by atoms with Crippen molar-refractivity contribution in [2.24, 2.45) is 29.6 Å². The summed E-state index contributed by atoms with van der Waals surface area (Å²) >= 11 is 0. The fourth-order valence-electron chi connectivity index (χ4n) is 14.4. The van der Waals surface area contributed by atoms with Crippen LogP contribution < -0.4 is 5.32 Å². The molecular formula is C81H133NO21. The number of unbranched alkanes of at least 4 members (excludes halogenated alkanes) is 25. The molecule has 103 heavy (non-hydrogen) atoms. The number of nitrogens with one attached hydrogen (secondary N) is 1. The van der Waals surface area contributed by atoms with Gasteiger partial charge in [-0.3, -0.25) is 28.8 Å². The Morgan fingerprint density at radius 2 is 1.07 bits per heavy atom. The molecule has 3 aliphatic heterocycles. The van der Waals surface area contributed by atoms with Crippen molar-refractivity contribution in [3.8, 4) is 0 Å². The molecule has 3 heterocycles. The fourth-order valence-corrected chi connectivity index (χ4v) is 14.4. The van der Waals surface area contributed by atoms with Crippen LogP contribution >= 0.6 is 0 Å². The zero-order valence-corrected chi connectivity index (χ0v) is 65.3. The maximum Gasteiger partial charge on any atom is 0.366 e. The van der Waals surface area contributed by atoms with Gasteiger partial charge < -0.3 is 66.9 Å². The predicted molar refractivity (Wildman–Crippen MR) is 391 cm³/mol. The summed E-state index contributed by atoms with van der Waals surface area (Å²) in [6.07, 6.45) is 22.3. The first-order valence-corrected chi connectivity index (χ1v) is 39.4. The molecule has 0 aromatic heterocycles. The molecule has 3 fully saturated rings. The van der Waals surface area contributed by atoms with Crippen molar-refractivity contribution in [3.05, 3.63) is 48.0 Å². The molecule has 0 spiro atoms. The molecule has 18 atom stereocenters. The maximum atomic E-state index is 14.5. The SMILES string of the molecule is CCCCCCCCCCCCC/C=C/[C@@H](OC(=O)c1ccccc1)[C@H](CO[C@@H]1O[C@@H](COC(C)=O)[C@@H](O[C@@H]2OC(COC(C)=O)[C@H](C)[C@H](O[C@]3(C(=O)OC)CC(C)[C@@H](C)[C@H]([C@H](C)[C@@H](CC)OC(C)=O)O3)C2OC(C)=O)C(C)C1OC(C)=O)NC(=O)CCCCCCCCCCCCCCCCC. The van der Waals surface area contributed by atoms with Gasteiger partial charge >= 0.3 is 41.8 Å². The number of allylic oxidation sites excluding steroid dienone is 1. The molecule has 1 amide bonds. The Kier molecular flexibility index (Phi) is 43.7. The first kappa shape index (κ1) is 89.9. The number of carbonyl (C=O) groups excluding carboxylic acids is 8. The number of carbonyl (C=O) groups is 8. The number of hydrogen-bond acceptors (Lipinski definition) is 21. The summed E-state index contributed by atoms with van der Waals surface area (Å²) < 4.78 is 82.0. The van der Waals surface area contributed by atoms with Gasteiger partial charge in [-0.2, -0.15) is 0 Å². The number of esters is 7. The average Bonchev–Trinajstić information content (AvgIpc) is 0.753. The van der Waals surface area contributed by atoms with Crippen molar-refractivity contribution in [2.75, 3.05) is 26.9 Å². The van der Waals surface area contributed by atoms with Gasteiger partial charge in [0.05, 0.1) is 37.5 Å². The van der Waals surface area contributed by atoms with Crippen LogP contribution in [0.1, 0.15) is 293 Å². The Bertz CT molecular complexity index is 2640. The Hall–Kier alpha value is -5.52. The summed E-state index contributed by atoms with van der Waals surface area (Å²) in [5, 5.41) is 3.15. The molecule has 22 nitrogen and oxygen atoms in total. The molecule has 5 unspecified atom stereocenters. The van der Waals surface area contributed by atoms with Crippen LogP contribution in [0.3, 0.4) is 0 Å². The summed E-state index contributed by atoms with van der Waals surface area (Å²) in [4.78, 5) is 108. The molecule has 1 N–H and O–H groups in total. The van der Waals surface area contributed by atoms with Crippen LogP contribution in [0, 0.1) is 29.6 Å². The molecule has 3 aliphatic rings. The van der Waals surface area contributed by atoms with Crippen molar-refractivity contribution in [1.82, 2.24) is 5.32 Å². The molecule has 0 aliphatic carbocycles. The van der Waals surface area contributed by atoms with Gasteiger partial charge in [0.25, 0.3) is 5.79 Å². The van der Waals surface area contributed by atoms with Crippen LogP contribution in [-0.4, -0.2) is 154 Å². The molecule has 22 heteroatoms. The predicted octanol–water partition coefficient (Wildman–Crippen LogP) is 15.6. The first-order valence-electron chi connectivity index (χ1n) is 39.4. The van der Waals surface area contributed by atoms with Crippen LogP contribution in [0.25, 0.3) is 0 Å². The molecule has 588 valence electrons. The molecular weight excluding hydrogens is 1320 g/mol. The number of rotatable bonds is 51. The number of benzene rings is 1. The van der Waals surface area contributed by atoms with Crippen LogP contribution in [-0.2, 0) is 95.1 Å². The van der Waals surface area contributed by atoms with E-state index in [0.717, 1.165) is 51.4 Å². The first-order chi connectivity index (χ1) is 49.4. The highest BCUT2D eigenvalue weighted by atomic mass is 16.8. The summed E-state index contributed by atoms with van der Waals surface area (Å²) in [7, 11) is 1.19. The van der Waals surface area contributed by atoms with Crippen LogP contribution in [0.4, 0.5) is 0 Å². The van der Waals surface area contributed by atoms with E-state index in [1.165, 1.54) is 151 Å². The second-order valence-electron chi connectivity index (χ2n) is 29.2. The lowest BCUT2D eigenvalue weighted by atomic mass is 9.76. The topological polar surface area (TPSA) is 269 Å². The van der Waals surface area contributed by atoms with E-state index in [2.05, 4.69) is 19.2 Å². The largest absolute Gasteiger partial charge is 0.465 e. The molecule has 0 radical (unpaired) electrons. The smallest absolute Gasteiger partial charge is 0.366 e. The normalized spacial score (nSPS) is 26.1. The zero-order chi connectivity index (χ0) is 75.7. The summed E-state index contributed by atoms with van der Waals surface area (Å²) in [6, 6.07) is 7.54. The second-order valence-corrected chi connectivity index (χ2v) is 29.2. The van der Waals surface area contributed by atoms with Crippen LogP contribution in [0.2, 0.25) is 0 Å². The zero-order valence-electron chi connectivity index (χ0n) is 65.3. The van der Waals surface area contributed by atoms with Gasteiger partial charge in [0.1, 0.15) is 43.7 Å².